The smallest absolute Gasteiger partial charge is 0.274 e. The summed E-state index contributed by atoms with van der Waals surface area (Å²) in [6.45, 7) is 5.17. The highest BCUT2D eigenvalue weighted by atomic mass is 32.2. The van der Waals surface area contributed by atoms with Crippen LogP contribution in [0.5, 0.6) is 0 Å². The maximum absolute atomic E-state index is 10.7. The van der Waals surface area contributed by atoms with E-state index in [1.807, 2.05) is 26.0 Å². The van der Waals surface area contributed by atoms with Gasteiger partial charge in [0.05, 0.1) is 30.0 Å². The lowest BCUT2D eigenvalue weighted by molar-refractivity contribution is 0.149. The topological polar surface area (TPSA) is 130 Å². The summed E-state index contributed by atoms with van der Waals surface area (Å²) in [5.41, 5.74) is 4.27. The summed E-state index contributed by atoms with van der Waals surface area (Å²) in [6.07, 6.45) is 1.55. The predicted octanol–water partition coefficient (Wildman–Crippen LogP) is 0.945. The molecule has 0 atom stereocenters. The SMILES string of the molecule is Cc1cc2ncc(C#N)c(NCCOCCNS(N)(=O)=O)c2cc1C. The van der Waals surface area contributed by atoms with E-state index in [1.54, 1.807) is 6.20 Å². The van der Waals surface area contributed by atoms with Crippen molar-refractivity contribution in [2.24, 2.45) is 5.14 Å². The van der Waals surface area contributed by atoms with Crippen LogP contribution in [-0.2, 0) is 14.9 Å². The van der Waals surface area contributed by atoms with Gasteiger partial charge in [0.25, 0.3) is 10.2 Å². The van der Waals surface area contributed by atoms with Crippen LogP contribution in [0.15, 0.2) is 18.3 Å². The van der Waals surface area contributed by atoms with Gasteiger partial charge in [-0.05, 0) is 37.1 Å². The third kappa shape index (κ3) is 5.37. The second kappa shape index (κ2) is 8.22. The van der Waals surface area contributed by atoms with Gasteiger partial charge in [0.2, 0.25) is 0 Å². The van der Waals surface area contributed by atoms with E-state index in [0.717, 1.165) is 27.7 Å². The van der Waals surface area contributed by atoms with Crippen LogP contribution in [0.1, 0.15) is 16.7 Å². The summed E-state index contributed by atoms with van der Waals surface area (Å²) < 4.78 is 28.9. The number of hydrogen-bond acceptors (Lipinski definition) is 6. The van der Waals surface area contributed by atoms with Gasteiger partial charge in [-0.15, -0.1) is 0 Å². The molecule has 0 saturated carbocycles. The molecule has 0 spiro atoms. The first-order chi connectivity index (χ1) is 11.8. The molecule has 0 aliphatic rings. The summed E-state index contributed by atoms with van der Waals surface area (Å²) in [5.74, 6) is 0. The third-order valence-corrected chi connectivity index (χ3v) is 4.31. The van der Waals surface area contributed by atoms with Crippen molar-refractivity contribution >= 4 is 26.8 Å². The number of fused-ring (bicyclic) bond motifs is 1. The molecule has 0 aliphatic heterocycles. The molecule has 0 bridgehead atoms. The van der Waals surface area contributed by atoms with Crippen LogP contribution in [0.2, 0.25) is 0 Å². The first-order valence-corrected chi connectivity index (χ1v) is 9.25. The molecule has 0 aliphatic carbocycles. The van der Waals surface area contributed by atoms with E-state index >= 15 is 0 Å². The zero-order valence-corrected chi connectivity index (χ0v) is 15.0. The van der Waals surface area contributed by atoms with Gasteiger partial charge in [-0.1, -0.05) is 0 Å². The summed E-state index contributed by atoms with van der Waals surface area (Å²) in [6, 6.07) is 6.15. The summed E-state index contributed by atoms with van der Waals surface area (Å²) >= 11 is 0. The Kier molecular flexibility index (Phi) is 6.27. The maximum atomic E-state index is 10.7. The molecule has 4 N–H and O–H groups in total. The van der Waals surface area contributed by atoms with Crippen LogP contribution in [0, 0.1) is 25.2 Å². The normalized spacial score (nSPS) is 11.4. The molecule has 1 heterocycles. The number of hydrogen-bond donors (Lipinski definition) is 3. The average molecular weight is 363 g/mol. The minimum Gasteiger partial charge on any atom is -0.381 e. The largest absolute Gasteiger partial charge is 0.381 e. The molecule has 1 aromatic heterocycles. The Labute approximate surface area is 147 Å². The molecule has 2 aromatic rings. The number of rotatable bonds is 8. The van der Waals surface area contributed by atoms with Gasteiger partial charge in [0.1, 0.15) is 6.07 Å². The number of nitriles is 1. The first-order valence-electron chi connectivity index (χ1n) is 7.71. The van der Waals surface area contributed by atoms with E-state index in [0.29, 0.717) is 18.7 Å². The van der Waals surface area contributed by atoms with Crippen LogP contribution in [0.4, 0.5) is 5.69 Å². The second-order valence-electron chi connectivity index (χ2n) is 5.59. The molecule has 0 fully saturated rings. The Morgan fingerprint density at radius 3 is 2.60 bits per heavy atom. The summed E-state index contributed by atoms with van der Waals surface area (Å²) in [5, 5.41) is 18.2. The Morgan fingerprint density at radius 2 is 1.92 bits per heavy atom. The van der Waals surface area contributed by atoms with Crippen LogP contribution in [0.3, 0.4) is 0 Å². The molecule has 9 heteroatoms. The quantitative estimate of drug-likeness (QED) is 0.599. The average Bonchev–Trinajstić information content (AvgIpc) is 2.54. The highest BCUT2D eigenvalue weighted by Gasteiger charge is 2.10. The highest BCUT2D eigenvalue weighted by Crippen LogP contribution is 2.27. The van der Waals surface area contributed by atoms with E-state index in [1.165, 1.54) is 0 Å². The van der Waals surface area contributed by atoms with Crippen LogP contribution >= 0.6 is 0 Å². The minimum absolute atomic E-state index is 0.110. The number of aryl methyl sites for hydroxylation is 2. The molecule has 1 aromatic carbocycles. The summed E-state index contributed by atoms with van der Waals surface area (Å²) in [7, 11) is -3.69. The van der Waals surface area contributed by atoms with Crippen molar-refractivity contribution < 1.29 is 13.2 Å². The van der Waals surface area contributed by atoms with Crippen molar-refractivity contribution in [2.75, 3.05) is 31.6 Å². The van der Waals surface area contributed by atoms with E-state index < -0.39 is 10.2 Å². The van der Waals surface area contributed by atoms with Crippen molar-refractivity contribution in [3.05, 3.63) is 35.0 Å². The highest BCUT2D eigenvalue weighted by molar-refractivity contribution is 7.87. The lowest BCUT2D eigenvalue weighted by Crippen LogP contribution is -2.33. The molecule has 0 amide bonds. The molecule has 2 rings (SSSR count). The van der Waals surface area contributed by atoms with Crippen molar-refractivity contribution in [3.63, 3.8) is 0 Å². The number of pyridine rings is 1. The van der Waals surface area contributed by atoms with E-state index in [9.17, 15) is 13.7 Å². The summed E-state index contributed by atoms with van der Waals surface area (Å²) in [4.78, 5) is 4.34. The number of aromatic nitrogens is 1. The Balaban J connectivity index is 2.00. The Hall–Kier alpha value is -2.25. The molecule has 134 valence electrons. The van der Waals surface area contributed by atoms with E-state index in [4.69, 9.17) is 9.88 Å². The fourth-order valence-corrected chi connectivity index (χ4v) is 2.70. The van der Waals surface area contributed by atoms with Gasteiger partial charge in [-0.3, -0.25) is 4.98 Å². The number of benzene rings is 1. The third-order valence-electron chi connectivity index (χ3n) is 3.70. The van der Waals surface area contributed by atoms with Gasteiger partial charge < -0.3 is 10.1 Å². The number of nitrogens with one attached hydrogen (secondary N) is 2. The number of nitrogens with zero attached hydrogens (tertiary/aromatic N) is 2. The lowest BCUT2D eigenvalue weighted by atomic mass is 10.0. The van der Waals surface area contributed by atoms with Crippen LogP contribution in [-0.4, -0.2) is 39.7 Å². The van der Waals surface area contributed by atoms with Gasteiger partial charge in [-0.25, -0.2) is 9.86 Å². The zero-order valence-electron chi connectivity index (χ0n) is 14.2. The van der Waals surface area contributed by atoms with E-state index in [-0.39, 0.29) is 13.2 Å². The number of anilines is 1. The standard InChI is InChI=1S/C16H21N5O3S/c1-11-7-14-15(8-12(11)2)20-10-13(9-17)16(14)19-3-5-24-6-4-21-25(18,22)23/h7-8,10,21H,3-6H2,1-2H3,(H,19,20)(H2,18,22,23). The lowest BCUT2D eigenvalue weighted by Gasteiger charge is -2.13. The van der Waals surface area contributed by atoms with Crippen molar-refractivity contribution in [3.8, 4) is 6.07 Å². The van der Waals surface area contributed by atoms with E-state index in [2.05, 4.69) is 21.1 Å². The molecule has 0 radical (unpaired) electrons. The monoisotopic (exact) mass is 363 g/mol. The molecular weight excluding hydrogens is 342 g/mol. The molecule has 25 heavy (non-hydrogen) atoms. The van der Waals surface area contributed by atoms with Crippen LogP contribution in [0.25, 0.3) is 10.9 Å². The van der Waals surface area contributed by atoms with Crippen molar-refractivity contribution in [2.45, 2.75) is 13.8 Å². The Bertz CT molecular complexity index is 906. The van der Waals surface area contributed by atoms with Gasteiger partial charge in [0.15, 0.2) is 0 Å². The Morgan fingerprint density at radius 1 is 1.24 bits per heavy atom. The van der Waals surface area contributed by atoms with Gasteiger partial charge >= 0.3 is 0 Å². The van der Waals surface area contributed by atoms with Crippen molar-refractivity contribution in [1.82, 2.24) is 9.71 Å². The molecule has 0 unspecified atom stereocenters. The second-order valence-corrected chi connectivity index (χ2v) is 6.97. The number of ether oxygens (including phenoxy) is 1. The molecule has 0 saturated heterocycles. The minimum atomic E-state index is -3.69. The molecule has 8 nitrogen and oxygen atoms in total. The first kappa shape index (κ1) is 19.1. The van der Waals surface area contributed by atoms with Gasteiger partial charge in [0, 0.05) is 24.7 Å². The maximum Gasteiger partial charge on any atom is 0.274 e. The molecular formula is C16H21N5O3S. The van der Waals surface area contributed by atoms with Crippen LogP contribution < -0.4 is 15.2 Å². The number of nitrogens with two attached hydrogens (primary N) is 1. The zero-order chi connectivity index (χ0) is 18.4. The fraction of sp³-hybridized carbons (Fsp3) is 0.375. The van der Waals surface area contributed by atoms with Crippen molar-refractivity contribution in [1.29, 1.82) is 5.26 Å². The predicted molar refractivity (Wildman–Crippen MR) is 96.4 cm³/mol. The van der Waals surface area contributed by atoms with Gasteiger partial charge in [-0.2, -0.15) is 13.7 Å². The fourth-order valence-electron chi connectivity index (χ4n) is 2.33.